The number of aryl methyl sites for hydroxylation is 1. The van der Waals surface area contributed by atoms with E-state index >= 15 is 0 Å². The molecule has 7 nitrogen and oxygen atoms in total. The van der Waals surface area contributed by atoms with Crippen LogP contribution in [0.3, 0.4) is 0 Å². The van der Waals surface area contributed by atoms with Gasteiger partial charge in [-0.3, -0.25) is 4.79 Å². The zero-order valence-electron chi connectivity index (χ0n) is 24.1. The van der Waals surface area contributed by atoms with Gasteiger partial charge in [-0.1, -0.05) is 39.3 Å². The van der Waals surface area contributed by atoms with Crippen LogP contribution in [-0.4, -0.2) is 51.5 Å². The maximum absolute atomic E-state index is 13.2. The third kappa shape index (κ3) is 12.8. The summed E-state index contributed by atoms with van der Waals surface area (Å²) in [5.74, 6) is 0.951. The molecule has 2 rings (SSSR count). The van der Waals surface area contributed by atoms with E-state index in [1.54, 1.807) is 19.2 Å². The maximum Gasteiger partial charge on any atom is 0.220 e. The quantitative estimate of drug-likeness (QED) is 0.191. The fourth-order valence-electron chi connectivity index (χ4n) is 4.19. The minimum Gasteiger partial charge on any atom is -0.493 e. The summed E-state index contributed by atoms with van der Waals surface area (Å²) in [7, 11) is 1.69. The first-order valence-electron chi connectivity index (χ1n) is 14.2. The van der Waals surface area contributed by atoms with E-state index in [0.29, 0.717) is 58.2 Å². The molecule has 0 saturated heterocycles. The van der Waals surface area contributed by atoms with E-state index in [-0.39, 0.29) is 23.8 Å². The molecule has 0 radical (unpaired) electrons. The number of rotatable bonds is 20. The van der Waals surface area contributed by atoms with Gasteiger partial charge >= 0.3 is 0 Å². The molecule has 0 bridgehead atoms. The molecule has 0 aliphatic carbocycles. The minimum absolute atomic E-state index is 0.0162. The number of carbonyl (C=O) groups is 1. The number of halogens is 1. The highest BCUT2D eigenvalue weighted by Crippen LogP contribution is 2.22. The second kappa shape index (κ2) is 18.6. The number of amides is 1. The van der Waals surface area contributed by atoms with Gasteiger partial charge in [0.2, 0.25) is 5.91 Å². The average molecular weight is 546 g/mol. The fourth-order valence-corrected chi connectivity index (χ4v) is 4.19. The van der Waals surface area contributed by atoms with E-state index in [4.69, 9.17) is 19.9 Å². The van der Waals surface area contributed by atoms with E-state index in [0.717, 1.165) is 36.3 Å². The van der Waals surface area contributed by atoms with Gasteiger partial charge in [-0.05, 0) is 66.6 Å². The SMILES string of the molecule is CCc1ccc(COCC(N)CCCC(=O)NC(CNc2ccc(F)cc2)[C@@H](C)CC)cc1OCCCOC. The maximum atomic E-state index is 13.2. The molecule has 2 aromatic rings. The van der Waals surface area contributed by atoms with Crippen LogP contribution in [0.15, 0.2) is 42.5 Å². The molecule has 0 aliphatic rings. The predicted molar refractivity (Wildman–Crippen MR) is 156 cm³/mol. The summed E-state index contributed by atoms with van der Waals surface area (Å²) in [4.78, 5) is 12.6. The minimum atomic E-state index is -0.269. The van der Waals surface area contributed by atoms with Crippen LogP contribution in [0.4, 0.5) is 10.1 Å². The number of hydrogen-bond acceptors (Lipinski definition) is 6. The van der Waals surface area contributed by atoms with E-state index in [1.165, 1.54) is 17.7 Å². The highest BCUT2D eigenvalue weighted by atomic mass is 19.1. The summed E-state index contributed by atoms with van der Waals surface area (Å²) < 4.78 is 30.1. The lowest BCUT2D eigenvalue weighted by Crippen LogP contribution is -2.44. The lowest BCUT2D eigenvalue weighted by molar-refractivity contribution is -0.122. The van der Waals surface area contributed by atoms with E-state index < -0.39 is 0 Å². The van der Waals surface area contributed by atoms with Crippen molar-refractivity contribution in [1.82, 2.24) is 5.32 Å². The summed E-state index contributed by atoms with van der Waals surface area (Å²) in [5, 5.41) is 6.45. The number of nitrogens with two attached hydrogens (primary N) is 1. The van der Waals surface area contributed by atoms with Gasteiger partial charge in [0.1, 0.15) is 11.6 Å². The van der Waals surface area contributed by atoms with Gasteiger partial charge < -0.3 is 30.6 Å². The van der Waals surface area contributed by atoms with Crippen molar-refractivity contribution in [3.63, 3.8) is 0 Å². The number of methoxy groups -OCH3 is 1. The standard InChI is InChI=1S/C31H48FN3O4/c1-5-23(3)29(20-34-28-15-13-26(32)14-16-28)35-31(36)10-7-9-27(33)22-38-21-24-11-12-25(6-2)30(19-24)39-18-8-17-37-4/h11-16,19,23,27,29,34H,5-10,17-18,20-22,33H2,1-4H3,(H,35,36)/t23-,27?,29?/m0/s1. The number of ether oxygens (including phenoxy) is 3. The Kier molecular flexibility index (Phi) is 15.5. The van der Waals surface area contributed by atoms with Crippen molar-refractivity contribution in [3.8, 4) is 5.75 Å². The summed E-state index contributed by atoms with van der Waals surface area (Å²) in [6, 6.07) is 12.3. The van der Waals surface area contributed by atoms with Gasteiger partial charge in [-0.25, -0.2) is 4.39 Å². The van der Waals surface area contributed by atoms with Crippen molar-refractivity contribution < 1.29 is 23.4 Å². The Morgan fingerprint density at radius 3 is 2.54 bits per heavy atom. The molecule has 0 spiro atoms. The van der Waals surface area contributed by atoms with Gasteiger partial charge in [-0.2, -0.15) is 0 Å². The van der Waals surface area contributed by atoms with Crippen molar-refractivity contribution in [2.45, 2.75) is 78.0 Å². The van der Waals surface area contributed by atoms with Crippen molar-refractivity contribution in [3.05, 3.63) is 59.4 Å². The second-order valence-corrected chi connectivity index (χ2v) is 10.1. The number of nitrogens with one attached hydrogen (secondary N) is 2. The molecule has 0 saturated carbocycles. The highest BCUT2D eigenvalue weighted by Gasteiger charge is 2.18. The van der Waals surface area contributed by atoms with Gasteiger partial charge in [0.05, 0.1) is 19.8 Å². The van der Waals surface area contributed by atoms with Crippen LogP contribution in [-0.2, 0) is 27.3 Å². The summed E-state index contributed by atoms with van der Waals surface area (Å²) in [6.07, 6.45) is 4.51. The van der Waals surface area contributed by atoms with E-state index in [2.05, 4.69) is 43.5 Å². The first-order valence-corrected chi connectivity index (χ1v) is 14.2. The molecule has 39 heavy (non-hydrogen) atoms. The molecule has 0 aliphatic heterocycles. The molecule has 4 N–H and O–H groups in total. The third-order valence-corrected chi connectivity index (χ3v) is 6.89. The third-order valence-electron chi connectivity index (χ3n) is 6.89. The Morgan fingerprint density at radius 1 is 1.08 bits per heavy atom. The topological polar surface area (TPSA) is 94.8 Å². The van der Waals surface area contributed by atoms with Crippen LogP contribution in [0.1, 0.15) is 64.0 Å². The van der Waals surface area contributed by atoms with Gasteiger partial charge in [0, 0.05) is 50.9 Å². The lowest BCUT2D eigenvalue weighted by Gasteiger charge is -2.25. The van der Waals surface area contributed by atoms with Gasteiger partial charge in [-0.15, -0.1) is 0 Å². The lowest BCUT2D eigenvalue weighted by atomic mass is 9.98. The molecule has 3 atom stereocenters. The number of carbonyl (C=O) groups excluding carboxylic acids is 1. The Labute approximate surface area is 234 Å². The van der Waals surface area contributed by atoms with Crippen molar-refractivity contribution in [2.75, 3.05) is 38.8 Å². The predicted octanol–water partition coefficient (Wildman–Crippen LogP) is 5.46. The number of anilines is 1. The Balaban J connectivity index is 1.70. The first kappa shape index (κ1) is 32.5. The zero-order chi connectivity index (χ0) is 28.5. The fraction of sp³-hybridized carbons (Fsp3) is 0.581. The van der Waals surface area contributed by atoms with Crippen LogP contribution in [0, 0.1) is 11.7 Å². The largest absolute Gasteiger partial charge is 0.493 e. The number of hydrogen-bond donors (Lipinski definition) is 3. The van der Waals surface area contributed by atoms with Crippen LogP contribution in [0.2, 0.25) is 0 Å². The monoisotopic (exact) mass is 545 g/mol. The van der Waals surface area contributed by atoms with E-state index in [1.807, 2.05) is 6.07 Å². The molecule has 0 fully saturated rings. The zero-order valence-corrected chi connectivity index (χ0v) is 24.1. The Morgan fingerprint density at radius 2 is 1.85 bits per heavy atom. The molecule has 218 valence electrons. The normalized spacial score (nSPS) is 13.5. The van der Waals surface area contributed by atoms with E-state index in [9.17, 15) is 9.18 Å². The average Bonchev–Trinajstić information content (AvgIpc) is 2.94. The molecule has 1 amide bonds. The van der Waals surface area contributed by atoms with Crippen molar-refractivity contribution in [1.29, 1.82) is 0 Å². The molecular weight excluding hydrogens is 497 g/mol. The summed E-state index contributed by atoms with van der Waals surface area (Å²) in [6.45, 7) is 9.11. The highest BCUT2D eigenvalue weighted by molar-refractivity contribution is 5.76. The second-order valence-electron chi connectivity index (χ2n) is 10.1. The van der Waals surface area contributed by atoms with Crippen LogP contribution >= 0.6 is 0 Å². The molecule has 2 aromatic carbocycles. The summed E-state index contributed by atoms with van der Waals surface area (Å²) in [5.41, 5.74) is 9.31. The first-order chi connectivity index (χ1) is 18.9. The van der Waals surface area contributed by atoms with Gasteiger partial charge in [0.15, 0.2) is 0 Å². The van der Waals surface area contributed by atoms with Crippen LogP contribution < -0.4 is 21.1 Å². The Bertz CT molecular complexity index is 957. The molecule has 0 aromatic heterocycles. The molecular formula is C31H48FN3O4. The van der Waals surface area contributed by atoms with Crippen LogP contribution in [0.5, 0.6) is 5.75 Å². The van der Waals surface area contributed by atoms with Crippen molar-refractivity contribution in [2.24, 2.45) is 11.7 Å². The van der Waals surface area contributed by atoms with Crippen LogP contribution in [0.25, 0.3) is 0 Å². The van der Waals surface area contributed by atoms with Crippen molar-refractivity contribution >= 4 is 11.6 Å². The molecule has 8 heteroatoms. The Hall–Kier alpha value is -2.68. The molecule has 0 heterocycles. The smallest absolute Gasteiger partial charge is 0.220 e. The van der Waals surface area contributed by atoms with Gasteiger partial charge in [0.25, 0.3) is 0 Å². The molecule has 2 unspecified atom stereocenters. The summed E-state index contributed by atoms with van der Waals surface area (Å²) >= 11 is 0. The number of benzene rings is 2.